The summed E-state index contributed by atoms with van der Waals surface area (Å²) in [5, 5.41) is 12.4. The zero-order valence-electron chi connectivity index (χ0n) is 12.4. The highest BCUT2D eigenvalue weighted by Gasteiger charge is 2.53. The van der Waals surface area contributed by atoms with E-state index in [0.29, 0.717) is 11.7 Å². The van der Waals surface area contributed by atoms with E-state index in [0.717, 1.165) is 22.4 Å². The molecule has 3 N–H and O–H groups in total. The summed E-state index contributed by atoms with van der Waals surface area (Å²) in [6.07, 6.45) is 1.73. The Kier molecular flexibility index (Phi) is 2.49. The molecular weight excluding hydrogens is 280 g/mol. The second-order valence-corrected chi connectivity index (χ2v) is 6.20. The van der Waals surface area contributed by atoms with Crippen LogP contribution < -0.4 is 10.6 Å². The molecule has 2 amide bonds. The van der Waals surface area contributed by atoms with E-state index in [-0.39, 0.29) is 18.2 Å². The van der Waals surface area contributed by atoms with Crippen LogP contribution in [0.3, 0.4) is 0 Å². The van der Waals surface area contributed by atoms with Crippen LogP contribution >= 0.6 is 0 Å². The standard InChI is InChI=1S/C16H16N4O2/c1-8(2)9-3-4-12-10(5-9)16(15(22)18-12)6-13(21)19-14-11(16)7-17-20-14/h3-5,7-8H,6H2,1-2H3,(H,18,22)(H2,17,19,20,21)/t16-/m0/s1. The van der Waals surface area contributed by atoms with Gasteiger partial charge in [0.1, 0.15) is 11.2 Å². The monoisotopic (exact) mass is 296 g/mol. The number of anilines is 2. The van der Waals surface area contributed by atoms with E-state index >= 15 is 0 Å². The van der Waals surface area contributed by atoms with Crippen molar-refractivity contribution < 1.29 is 9.59 Å². The number of nitrogens with one attached hydrogen (secondary N) is 3. The van der Waals surface area contributed by atoms with Crippen LogP contribution in [0.4, 0.5) is 11.5 Å². The van der Waals surface area contributed by atoms with Gasteiger partial charge < -0.3 is 10.6 Å². The Morgan fingerprint density at radius 2 is 2.00 bits per heavy atom. The molecule has 4 rings (SSSR count). The maximum Gasteiger partial charge on any atom is 0.240 e. The normalized spacial score (nSPS) is 22.5. The zero-order chi connectivity index (χ0) is 15.5. The van der Waals surface area contributed by atoms with E-state index in [4.69, 9.17) is 0 Å². The summed E-state index contributed by atoms with van der Waals surface area (Å²) in [7, 11) is 0. The van der Waals surface area contributed by atoms with Gasteiger partial charge >= 0.3 is 0 Å². The van der Waals surface area contributed by atoms with Gasteiger partial charge in [0.05, 0.1) is 6.20 Å². The number of H-pyrrole nitrogens is 1. The first-order valence-electron chi connectivity index (χ1n) is 7.32. The Morgan fingerprint density at radius 1 is 1.18 bits per heavy atom. The van der Waals surface area contributed by atoms with Gasteiger partial charge in [-0.05, 0) is 23.1 Å². The Labute approximate surface area is 127 Å². The maximum atomic E-state index is 12.8. The van der Waals surface area contributed by atoms with Crippen molar-refractivity contribution >= 4 is 23.3 Å². The van der Waals surface area contributed by atoms with Crippen LogP contribution in [0.5, 0.6) is 0 Å². The number of fused-ring (bicyclic) bond motifs is 4. The molecule has 0 saturated heterocycles. The second kappa shape index (κ2) is 4.19. The highest BCUT2D eigenvalue weighted by molar-refractivity contribution is 6.14. The first-order valence-corrected chi connectivity index (χ1v) is 7.32. The van der Waals surface area contributed by atoms with Crippen molar-refractivity contribution in [3.8, 4) is 0 Å². The van der Waals surface area contributed by atoms with E-state index in [1.165, 1.54) is 0 Å². The Hall–Kier alpha value is -2.63. The third-order valence-corrected chi connectivity index (χ3v) is 4.60. The van der Waals surface area contributed by atoms with E-state index in [2.05, 4.69) is 34.7 Å². The number of hydrogen-bond donors (Lipinski definition) is 3. The van der Waals surface area contributed by atoms with Crippen molar-refractivity contribution in [2.75, 3.05) is 10.6 Å². The fourth-order valence-corrected chi connectivity index (χ4v) is 3.40. The molecule has 6 heteroatoms. The fourth-order valence-electron chi connectivity index (χ4n) is 3.40. The first-order chi connectivity index (χ1) is 10.5. The van der Waals surface area contributed by atoms with Crippen LogP contribution in [0.15, 0.2) is 24.4 Å². The summed E-state index contributed by atoms with van der Waals surface area (Å²) in [5.41, 5.74) is 2.53. The molecule has 22 heavy (non-hydrogen) atoms. The van der Waals surface area contributed by atoms with Gasteiger partial charge in [0.25, 0.3) is 0 Å². The topological polar surface area (TPSA) is 86.9 Å². The van der Waals surface area contributed by atoms with Crippen LogP contribution in [0.2, 0.25) is 0 Å². The lowest BCUT2D eigenvalue weighted by Crippen LogP contribution is -2.43. The van der Waals surface area contributed by atoms with Crippen LogP contribution in [0.1, 0.15) is 42.9 Å². The largest absolute Gasteiger partial charge is 0.325 e. The lowest BCUT2D eigenvalue weighted by molar-refractivity contribution is -0.125. The zero-order valence-corrected chi connectivity index (χ0v) is 12.4. The summed E-state index contributed by atoms with van der Waals surface area (Å²) < 4.78 is 0. The first kappa shape index (κ1) is 13.1. The molecule has 1 aromatic heterocycles. The minimum Gasteiger partial charge on any atom is -0.325 e. The molecule has 112 valence electrons. The van der Waals surface area contributed by atoms with Crippen LogP contribution in [-0.2, 0) is 15.0 Å². The molecule has 0 fully saturated rings. The lowest BCUT2D eigenvalue weighted by Gasteiger charge is -2.31. The average Bonchev–Trinajstić information content (AvgIpc) is 3.03. The lowest BCUT2D eigenvalue weighted by atomic mass is 9.71. The van der Waals surface area contributed by atoms with Gasteiger partial charge in [0.2, 0.25) is 11.8 Å². The second-order valence-electron chi connectivity index (χ2n) is 6.20. The molecule has 2 aliphatic rings. The van der Waals surface area contributed by atoms with Gasteiger partial charge in [-0.25, -0.2) is 0 Å². The Morgan fingerprint density at radius 3 is 2.77 bits per heavy atom. The minimum absolute atomic E-state index is 0.0971. The molecule has 0 unspecified atom stereocenters. The van der Waals surface area contributed by atoms with Crippen LogP contribution in [-0.4, -0.2) is 22.0 Å². The molecule has 0 saturated carbocycles. The van der Waals surface area contributed by atoms with E-state index in [9.17, 15) is 9.59 Å². The number of carbonyl (C=O) groups is 2. The summed E-state index contributed by atoms with van der Waals surface area (Å²) in [4.78, 5) is 24.9. The van der Waals surface area contributed by atoms with E-state index in [1.807, 2.05) is 18.2 Å². The SMILES string of the molecule is CC(C)c1ccc2c(c1)[C@]1(CC(=O)Nc3[nH]ncc31)C(=O)N2. The predicted molar refractivity (Wildman–Crippen MR) is 81.8 cm³/mol. The molecule has 1 aromatic carbocycles. The highest BCUT2D eigenvalue weighted by Crippen LogP contribution is 2.49. The number of rotatable bonds is 1. The molecular formula is C16H16N4O2. The smallest absolute Gasteiger partial charge is 0.240 e. The molecule has 0 bridgehead atoms. The van der Waals surface area contributed by atoms with Gasteiger partial charge in [0, 0.05) is 17.7 Å². The number of benzene rings is 1. The van der Waals surface area contributed by atoms with Gasteiger partial charge in [-0.15, -0.1) is 0 Å². The Bertz CT molecular complexity index is 808. The third-order valence-electron chi connectivity index (χ3n) is 4.60. The van der Waals surface area contributed by atoms with E-state index < -0.39 is 5.41 Å². The molecule has 6 nitrogen and oxygen atoms in total. The fraction of sp³-hybridized carbons (Fsp3) is 0.312. The molecule has 2 aromatic rings. The number of carbonyl (C=O) groups excluding carboxylic acids is 2. The van der Waals surface area contributed by atoms with Crippen LogP contribution in [0.25, 0.3) is 0 Å². The van der Waals surface area contributed by atoms with Crippen molar-refractivity contribution in [1.82, 2.24) is 10.2 Å². The molecule has 1 spiro atoms. The number of amides is 2. The van der Waals surface area contributed by atoms with Gasteiger partial charge in [-0.3, -0.25) is 14.7 Å². The number of aromatic nitrogens is 2. The minimum atomic E-state index is -0.981. The van der Waals surface area contributed by atoms with Crippen molar-refractivity contribution in [2.45, 2.75) is 31.6 Å². The van der Waals surface area contributed by atoms with E-state index in [1.54, 1.807) is 6.20 Å². The quantitative estimate of drug-likeness (QED) is 0.753. The summed E-state index contributed by atoms with van der Waals surface area (Å²) in [6, 6.07) is 5.97. The Balaban J connectivity index is 2.00. The van der Waals surface area contributed by atoms with Crippen molar-refractivity contribution in [3.05, 3.63) is 41.1 Å². The molecule has 2 aliphatic heterocycles. The number of aromatic amines is 1. The van der Waals surface area contributed by atoms with Crippen molar-refractivity contribution in [2.24, 2.45) is 0 Å². The van der Waals surface area contributed by atoms with Gasteiger partial charge in [-0.2, -0.15) is 5.10 Å². The maximum absolute atomic E-state index is 12.8. The highest BCUT2D eigenvalue weighted by atomic mass is 16.2. The number of hydrogen-bond acceptors (Lipinski definition) is 3. The third kappa shape index (κ3) is 1.52. The number of nitrogens with zero attached hydrogens (tertiary/aromatic N) is 1. The van der Waals surface area contributed by atoms with Gasteiger partial charge in [0.15, 0.2) is 0 Å². The summed E-state index contributed by atoms with van der Waals surface area (Å²) in [5.74, 6) is 0.504. The molecule has 0 aliphatic carbocycles. The molecule has 0 radical (unpaired) electrons. The molecule has 1 atom stereocenters. The predicted octanol–water partition coefficient (Wildman–Crippen LogP) is 2.11. The van der Waals surface area contributed by atoms with Crippen molar-refractivity contribution in [1.29, 1.82) is 0 Å². The van der Waals surface area contributed by atoms with Gasteiger partial charge in [-0.1, -0.05) is 26.0 Å². The van der Waals surface area contributed by atoms with Crippen LogP contribution in [0, 0.1) is 0 Å². The molecule has 3 heterocycles. The van der Waals surface area contributed by atoms with Crippen molar-refractivity contribution in [3.63, 3.8) is 0 Å². The summed E-state index contributed by atoms with van der Waals surface area (Å²) >= 11 is 0. The summed E-state index contributed by atoms with van der Waals surface area (Å²) in [6.45, 7) is 4.21. The average molecular weight is 296 g/mol.